The number of aryl methyl sites for hydroxylation is 1. The van der Waals surface area contributed by atoms with Crippen LogP contribution in [-0.4, -0.2) is 10.1 Å². The monoisotopic (exact) mass is 217 g/mol. The first-order valence-electron chi connectivity index (χ1n) is 5.45. The molecule has 4 heteroatoms. The average Bonchev–Trinajstić information content (AvgIpc) is 2.78. The van der Waals surface area contributed by atoms with Gasteiger partial charge in [0.1, 0.15) is 0 Å². The number of benzene rings is 1. The van der Waals surface area contributed by atoms with Crippen molar-refractivity contribution >= 4 is 0 Å². The van der Waals surface area contributed by atoms with Crippen molar-refractivity contribution in [2.45, 2.75) is 26.3 Å². The molecule has 4 nitrogen and oxygen atoms in total. The molecule has 0 fully saturated rings. The van der Waals surface area contributed by atoms with Gasteiger partial charge in [-0.1, -0.05) is 36.3 Å². The molecule has 2 rings (SSSR count). The van der Waals surface area contributed by atoms with Crippen LogP contribution >= 0.6 is 0 Å². The predicted octanol–water partition coefficient (Wildman–Crippen LogP) is 2.15. The first-order chi connectivity index (χ1) is 7.83. The van der Waals surface area contributed by atoms with Crippen LogP contribution in [0.3, 0.4) is 0 Å². The van der Waals surface area contributed by atoms with Gasteiger partial charge in [0.05, 0.1) is 0 Å². The van der Waals surface area contributed by atoms with Crippen molar-refractivity contribution in [2.75, 3.05) is 0 Å². The Morgan fingerprint density at radius 3 is 2.62 bits per heavy atom. The zero-order valence-corrected chi connectivity index (χ0v) is 9.31. The maximum atomic E-state index is 5.53. The van der Waals surface area contributed by atoms with Crippen LogP contribution in [-0.2, 0) is 13.0 Å². The van der Waals surface area contributed by atoms with Crippen molar-refractivity contribution in [2.24, 2.45) is 5.73 Å². The van der Waals surface area contributed by atoms with Crippen molar-refractivity contribution in [3.63, 3.8) is 0 Å². The minimum absolute atomic E-state index is 0.549. The summed E-state index contributed by atoms with van der Waals surface area (Å²) >= 11 is 0. The van der Waals surface area contributed by atoms with Crippen molar-refractivity contribution in [1.29, 1.82) is 0 Å². The van der Waals surface area contributed by atoms with E-state index in [0.29, 0.717) is 18.3 Å². The fraction of sp³-hybridized carbons (Fsp3) is 0.333. The van der Waals surface area contributed by atoms with E-state index < -0.39 is 0 Å². The fourth-order valence-corrected chi connectivity index (χ4v) is 1.48. The molecule has 0 saturated heterocycles. The largest absolute Gasteiger partial charge is 0.339 e. The van der Waals surface area contributed by atoms with Gasteiger partial charge in [0.15, 0.2) is 0 Å². The summed E-state index contributed by atoms with van der Waals surface area (Å²) in [4.78, 5) is 4.32. The molecule has 2 N–H and O–H groups in total. The number of hydrogen-bond acceptors (Lipinski definition) is 4. The second-order valence-electron chi connectivity index (χ2n) is 3.66. The Balaban J connectivity index is 2.21. The van der Waals surface area contributed by atoms with Crippen LogP contribution in [0.2, 0.25) is 0 Å². The molecule has 0 unspecified atom stereocenters. The van der Waals surface area contributed by atoms with E-state index in [9.17, 15) is 0 Å². The number of nitrogens with zero attached hydrogens (tertiary/aromatic N) is 2. The molecule has 0 radical (unpaired) electrons. The van der Waals surface area contributed by atoms with E-state index in [2.05, 4.69) is 17.1 Å². The van der Waals surface area contributed by atoms with Gasteiger partial charge in [0, 0.05) is 18.5 Å². The molecule has 84 valence electrons. The van der Waals surface area contributed by atoms with Crippen LogP contribution in [0.15, 0.2) is 28.8 Å². The van der Waals surface area contributed by atoms with Crippen molar-refractivity contribution in [1.82, 2.24) is 10.1 Å². The lowest BCUT2D eigenvalue weighted by atomic mass is 10.1. The summed E-state index contributed by atoms with van der Waals surface area (Å²) in [5.41, 5.74) is 7.59. The topological polar surface area (TPSA) is 64.9 Å². The molecular weight excluding hydrogens is 202 g/mol. The fourth-order valence-electron chi connectivity index (χ4n) is 1.48. The van der Waals surface area contributed by atoms with E-state index >= 15 is 0 Å². The van der Waals surface area contributed by atoms with Gasteiger partial charge in [0.2, 0.25) is 11.7 Å². The van der Waals surface area contributed by atoms with E-state index in [-0.39, 0.29) is 0 Å². The molecule has 0 amide bonds. The predicted molar refractivity (Wildman–Crippen MR) is 61.6 cm³/mol. The van der Waals surface area contributed by atoms with Crippen LogP contribution in [0.25, 0.3) is 11.4 Å². The van der Waals surface area contributed by atoms with Crippen LogP contribution in [0, 0.1) is 0 Å². The summed E-state index contributed by atoms with van der Waals surface area (Å²) in [6, 6.07) is 7.88. The van der Waals surface area contributed by atoms with Crippen LogP contribution in [0.5, 0.6) is 0 Å². The highest BCUT2D eigenvalue weighted by Crippen LogP contribution is 2.16. The zero-order valence-electron chi connectivity index (χ0n) is 9.31. The minimum atomic E-state index is 0.549. The van der Waals surface area contributed by atoms with Crippen LogP contribution in [0.1, 0.15) is 24.8 Å². The molecular formula is C12H15N3O. The Bertz CT molecular complexity index is 448. The van der Waals surface area contributed by atoms with E-state index in [1.165, 1.54) is 0 Å². The lowest BCUT2D eigenvalue weighted by Crippen LogP contribution is -1.95. The molecule has 0 aliphatic heterocycles. The van der Waals surface area contributed by atoms with E-state index in [4.69, 9.17) is 10.3 Å². The Labute approximate surface area is 94.5 Å². The summed E-state index contributed by atoms with van der Waals surface area (Å²) in [7, 11) is 0. The third-order valence-electron chi connectivity index (χ3n) is 2.38. The van der Waals surface area contributed by atoms with Gasteiger partial charge in [-0.15, -0.1) is 0 Å². The molecule has 2 aromatic rings. The normalized spacial score (nSPS) is 10.6. The summed E-state index contributed by atoms with van der Waals surface area (Å²) in [6.45, 7) is 2.63. The Morgan fingerprint density at radius 1 is 1.25 bits per heavy atom. The first-order valence-corrected chi connectivity index (χ1v) is 5.45. The number of hydrogen-bond donors (Lipinski definition) is 1. The smallest absolute Gasteiger partial charge is 0.226 e. The number of nitrogens with two attached hydrogens (primary N) is 1. The van der Waals surface area contributed by atoms with Crippen molar-refractivity contribution in [3.05, 3.63) is 35.7 Å². The van der Waals surface area contributed by atoms with Crippen LogP contribution < -0.4 is 5.73 Å². The Hall–Kier alpha value is -1.68. The highest BCUT2D eigenvalue weighted by atomic mass is 16.5. The molecule has 0 aliphatic carbocycles. The SMILES string of the molecule is CCCc1nc(-c2ccc(CN)cc2)no1. The summed E-state index contributed by atoms with van der Waals surface area (Å²) in [5, 5.41) is 3.94. The van der Waals surface area contributed by atoms with E-state index in [1.807, 2.05) is 24.3 Å². The lowest BCUT2D eigenvalue weighted by molar-refractivity contribution is 0.378. The Kier molecular flexibility index (Phi) is 3.31. The molecule has 1 aromatic carbocycles. The standard InChI is InChI=1S/C12H15N3O/c1-2-3-11-14-12(15-16-11)10-6-4-9(8-13)5-7-10/h4-7H,2-3,8,13H2,1H3. The highest BCUT2D eigenvalue weighted by molar-refractivity contribution is 5.54. The summed E-state index contributed by atoms with van der Waals surface area (Å²) in [5.74, 6) is 1.34. The van der Waals surface area contributed by atoms with E-state index in [0.717, 1.165) is 24.0 Å². The van der Waals surface area contributed by atoms with Gasteiger partial charge in [-0.2, -0.15) is 4.98 Å². The quantitative estimate of drug-likeness (QED) is 0.852. The Morgan fingerprint density at radius 2 is 2.00 bits per heavy atom. The van der Waals surface area contributed by atoms with Gasteiger partial charge in [-0.05, 0) is 12.0 Å². The lowest BCUT2D eigenvalue weighted by Gasteiger charge is -1.97. The summed E-state index contributed by atoms with van der Waals surface area (Å²) in [6.07, 6.45) is 1.83. The van der Waals surface area contributed by atoms with Crippen LogP contribution in [0.4, 0.5) is 0 Å². The molecule has 16 heavy (non-hydrogen) atoms. The maximum Gasteiger partial charge on any atom is 0.226 e. The highest BCUT2D eigenvalue weighted by Gasteiger charge is 2.07. The van der Waals surface area contributed by atoms with Gasteiger partial charge in [-0.3, -0.25) is 0 Å². The molecule has 0 aliphatic rings. The minimum Gasteiger partial charge on any atom is -0.339 e. The number of rotatable bonds is 4. The first kappa shape index (κ1) is 10.8. The molecule has 1 heterocycles. The van der Waals surface area contributed by atoms with Gasteiger partial charge in [0.25, 0.3) is 0 Å². The zero-order chi connectivity index (χ0) is 11.4. The van der Waals surface area contributed by atoms with Gasteiger partial charge < -0.3 is 10.3 Å². The second kappa shape index (κ2) is 4.90. The molecule has 0 saturated carbocycles. The maximum absolute atomic E-state index is 5.53. The molecule has 0 atom stereocenters. The third kappa shape index (κ3) is 2.28. The molecule has 1 aromatic heterocycles. The summed E-state index contributed by atoms with van der Waals surface area (Å²) < 4.78 is 5.13. The van der Waals surface area contributed by atoms with E-state index in [1.54, 1.807) is 0 Å². The number of aromatic nitrogens is 2. The van der Waals surface area contributed by atoms with Gasteiger partial charge >= 0.3 is 0 Å². The van der Waals surface area contributed by atoms with Crippen molar-refractivity contribution < 1.29 is 4.52 Å². The van der Waals surface area contributed by atoms with Gasteiger partial charge in [-0.25, -0.2) is 0 Å². The van der Waals surface area contributed by atoms with Crippen molar-refractivity contribution in [3.8, 4) is 11.4 Å². The molecule has 0 spiro atoms. The average molecular weight is 217 g/mol. The molecule has 0 bridgehead atoms. The third-order valence-corrected chi connectivity index (χ3v) is 2.38. The second-order valence-corrected chi connectivity index (χ2v) is 3.66.